The van der Waals surface area contributed by atoms with E-state index in [2.05, 4.69) is 29.2 Å². The highest BCUT2D eigenvalue weighted by atomic mass is 16.6. The first-order valence-corrected chi connectivity index (χ1v) is 15.3. The van der Waals surface area contributed by atoms with E-state index in [0.29, 0.717) is 31.3 Å². The molecule has 1 saturated heterocycles. The number of aromatic nitrogens is 3. The molecule has 1 aliphatic rings. The maximum atomic E-state index is 12.7. The van der Waals surface area contributed by atoms with Crippen LogP contribution in [0.25, 0.3) is 32.8 Å². The molecule has 10 nitrogen and oxygen atoms in total. The van der Waals surface area contributed by atoms with E-state index < -0.39 is 0 Å². The minimum atomic E-state index is -0.308. The Bertz CT molecular complexity index is 1870. The lowest BCUT2D eigenvalue weighted by atomic mass is 9.97. The quantitative estimate of drug-likeness (QED) is 0.194. The van der Waals surface area contributed by atoms with Crippen LogP contribution < -0.4 is 10.5 Å². The molecule has 10 heteroatoms. The average Bonchev–Trinajstić information content (AvgIpc) is 3.66. The predicted octanol–water partition coefficient (Wildman–Crippen LogP) is 6.31. The second-order valence-corrected chi connectivity index (χ2v) is 11.4. The molecule has 1 unspecified atom stereocenters. The first-order valence-electron chi connectivity index (χ1n) is 15.3. The lowest BCUT2D eigenvalue weighted by molar-refractivity contribution is -0.142. The van der Waals surface area contributed by atoms with Crippen LogP contribution in [0.4, 0.5) is 10.6 Å². The number of nitrogen functional groups attached to an aromatic ring is 1. The van der Waals surface area contributed by atoms with E-state index in [1.54, 1.807) is 18.0 Å². The van der Waals surface area contributed by atoms with Crippen molar-refractivity contribution in [2.45, 2.75) is 52.4 Å². The van der Waals surface area contributed by atoms with Crippen LogP contribution in [0.1, 0.15) is 44.5 Å². The van der Waals surface area contributed by atoms with E-state index >= 15 is 0 Å². The summed E-state index contributed by atoms with van der Waals surface area (Å²) in [6, 6.07) is 21.8. The van der Waals surface area contributed by atoms with E-state index in [4.69, 9.17) is 25.0 Å². The van der Waals surface area contributed by atoms with Crippen LogP contribution in [0.3, 0.4) is 0 Å². The molecule has 0 spiro atoms. The molecule has 2 aromatic heterocycles. The van der Waals surface area contributed by atoms with Gasteiger partial charge in [-0.05, 0) is 68.0 Å². The highest BCUT2D eigenvalue weighted by Crippen LogP contribution is 2.35. The van der Waals surface area contributed by atoms with Crippen LogP contribution in [0, 0.1) is 0 Å². The smallest absolute Gasteiger partial charge is 0.410 e. The van der Waals surface area contributed by atoms with E-state index in [1.807, 2.05) is 61.0 Å². The van der Waals surface area contributed by atoms with Crippen molar-refractivity contribution in [1.29, 1.82) is 0 Å². The van der Waals surface area contributed by atoms with Gasteiger partial charge in [0.15, 0.2) is 0 Å². The molecule has 6 rings (SSSR count). The molecule has 5 aromatic rings. The van der Waals surface area contributed by atoms with Crippen molar-refractivity contribution in [2.75, 3.05) is 25.4 Å². The van der Waals surface area contributed by atoms with Crippen LogP contribution in [0.15, 0.2) is 72.9 Å². The number of likely N-dealkylation sites (tertiary alicyclic amines) is 1. The number of nitrogens with two attached hydrogens (primary N) is 1. The van der Waals surface area contributed by atoms with Crippen molar-refractivity contribution < 1.29 is 23.8 Å². The first kappa shape index (κ1) is 29.9. The number of rotatable bonds is 9. The molecular formula is C35H37N5O5. The summed E-state index contributed by atoms with van der Waals surface area (Å²) in [5, 5.41) is 7.91. The second-order valence-electron chi connectivity index (χ2n) is 11.4. The molecule has 0 radical (unpaired) electrons. The summed E-state index contributed by atoms with van der Waals surface area (Å²) in [6.45, 7) is 7.09. The third kappa shape index (κ3) is 6.26. The monoisotopic (exact) mass is 607 g/mol. The standard InChI is InChI=1S/C35H37N5O5/c1-4-43-33(41)19-24-8-5-6-11-32(24)44-21-30-29-18-23(26-9-7-10-28-27(26)14-16-37-34(28)36)12-13-31(29)40(38-30)25-15-17-39(20-25)35(42)45-22(2)3/h5-14,16,18,22,25H,4,15,17,19-21H2,1-3H3,(H2,36,37). The van der Waals surface area contributed by atoms with Gasteiger partial charge < -0.3 is 24.8 Å². The van der Waals surface area contributed by atoms with Gasteiger partial charge in [0, 0.05) is 35.6 Å². The zero-order chi connectivity index (χ0) is 31.5. The highest BCUT2D eigenvalue weighted by molar-refractivity contribution is 6.02. The summed E-state index contributed by atoms with van der Waals surface area (Å²) in [5.41, 5.74) is 10.7. The zero-order valence-electron chi connectivity index (χ0n) is 25.7. The Labute approximate surface area is 261 Å². The Hall–Kier alpha value is -5.12. The number of anilines is 1. The molecule has 1 fully saturated rings. The minimum absolute atomic E-state index is 0.0219. The van der Waals surface area contributed by atoms with Crippen molar-refractivity contribution in [3.8, 4) is 16.9 Å². The first-order chi connectivity index (χ1) is 21.8. The molecule has 0 aliphatic carbocycles. The number of hydrogen-bond acceptors (Lipinski definition) is 8. The number of esters is 1. The summed E-state index contributed by atoms with van der Waals surface area (Å²) in [4.78, 5) is 30.9. The van der Waals surface area contributed by atoms with Gasteiger partial charge in [0.05, 0.1) is 30.7 Å². The summed E-state index contributed by atoms with van der Waals surface area (Å²) in [7, 11) is 0. The summed E-state index contributed by atoms with van der Waals surface area (Å²) in [6.07, 6.45) is 2.10. The summed E-state index contributed by atoms with van der Waals surface area (Å²) < 4.78 is 19.0. The predicted molar refractivity (Wildman–Crippen MR) is 173 cm³/mol. The number of pyridine rings is 1. The Balaban J connectivity index is 1.37. The Morgan fingerprint density at radius 3 is 2.69 bits per heavy atom. The number of amides is 1. The molecule has 3 heterocycles. The van der Waals surface area contributed by atoms with Crippen molar-refractivity contribution in [1.82, 2.24) is 19.7 Å². The topological polar surface area (TPSA) is 122 Å². The van der Waals surface area contributed by atoms with E-state index in [0.717, 1.165) is 50.5 Å². The van der Waals surface area contributed by atoms with Crippen LogP contribution >= 0.6 is 0 Å². The summed E-state index contributed by atoms with van der Waals surface area (Å²) >= 11 is 0. The van der Waals surface area contributed by atoms with Crippen molar-refractivity contribution in [2.24, 2.45) is 0 Å². The third-order valence-corrected chi connectivity index (χ3v) is 8.01. The van der Waals surface area contributed by atoms with E-state index in [9.17, 15) is 9.59 Å². The average molecular weight is 608 g/mol. The van der Waals surface area contributed by atoms with Crippen molar-refractivity contribution in [3.63, 3.8) is 0 Å². The van der Waals surface area contributed by atoms with Gasteiger partial charge in [-0.3, -0.25) is 9.48 Å². The highest BCUT2D eigenvalue weighted by Gasteiger charge is 2.31. The molecule has 0 saturated carbocycles. The number of benzene rings is 3. The SMILES string of the molecule is CCOC(=O)Cc1ccccc1OCc1nn(C2CCN(C(=O)OC(C)C)C2)c2ccc(-c3cccc4c(N)nccc34)cc12. The lowest BCUT2D eigenvalue weighted by Crippen LogP contribution is -2.31. The lowest BCUT2D eigenvalue weighted by Gasteiger charge is -2.18. The number of fused-ring (bicyclic) bond motifs is 2. The Morgan fingerprint density at radius 2 is 1.87 bits per heavy atom. The van der Waals surface area contributed by atoms with Gasteiger partial charge >= 0.3 is 12.1 Å². The molecular weight excluding hydrogens is 570 g/mol. The zero-order valence-corrected chi connectivity index (χ0v) is 25.7. The van der Waals surface area contributed by atoms with E-state index in [-0.39, 0.29) is 37.2 Å². The number of carbonyl (C=O) groups is 2. The fraction of sp³-hybridized carbons (Fsp3) is 0.314. The number of carbonyl (C=O) groups excluding carboxylic acids is 2. The van der Waals surface area contributed by atoms with Gasteiger partial charge in [-0.1, -0.05) is 42.5 Å². The maximum absolute atomic E-state index is 12.7. The molecule has 1 atom stereocenters. The Kier molecular flexibility index (Phi) is 8.55. The fourth-order valence-corrected chi connectivity index (χ4v) is 5.93. The molecule has 2 N–H and O–H groups in total. The van der Waals surface area contributed by atoms with Crippen LogP contribution in [-0.2, 0) is 27.3 Å². The van der Waals surface area contributed by atoms with Gasteiger partial charge in [-0.2, -0.15) is 5.10 Å². The van der Waals surface area contributed by atoms with Crippen molar-refractivity contribution in [3.05, 3.63) is 84.2 Å². The largest absolute Gasteiger partial charge is 0.487 e. The Morgan fingerprint density at radius 1 is 1.02 bits per heavy atom. The summed E-state index contributed by atoms with van der Waals surface area (Å²) in [5.74, 6) is 0.783. The number of ether oxygens (including phenoxy) is 3. The van der Waals surface area contributed by atoms with Gasteiger partial charge in [0.25, 0.3) is 0 Å². The van der Waals surface area contributed by atoms with Crippen LogP contribution in [-0.4, -0.2) is 57.5 Å². The molecule has 45 heavy (non-hydrogen) atoms. The molecule has 232 valence electrons. The molecule has 0 bridgehead atoms. The molecule has 3 aromatic carbocycles. The number of para-hydroxylation sites is 1. The number of nitrogens with zero attached hydrogens (tertiary/aromatic N) is 4. The van der Waals surface area contributed by atoms with Gasteiger partial charge in [-0.15, -0.1) is 0 Å². The third-order valence-electron chi connectivity index (χ3n) is 8.01. The molecule has 1 aliphatic heterocycles. The number of hydrogen-bond donors (Lipinski definition) is 1. The van der Waals surface area contributed by atoms with Gasteiger partial charge in [-0.25, -0.2) is 9.78 Å². The molecule has 1 amide bonds. The second kappa shape index (κ2) is 12.9. The fourth-order valence-electron chi connectivity index (χ4n) is 5.93. The van der Waals surface area contributed by atoms with E-state index in [1.165, 1.54) is 0 Å². The van der Waals surface area contributed by atoms with Gasteiger partial charge in [0.1, 0.15) is 23.9 Å². The van der Waals surface area contributed by atoms with Crippen molar-refractivity contribution >= 4 is 39.6 Å². The van der Waals surface area contributed by atoms with Crippen LogP contribution in [0.5, 0.6) is 5.75 Å². The van der Waals surface area contributed by atoms with Gasteiger partial charge in [0.2, 0.25) is 0 Å². The normalized spacial score (nSPS) is 14.8. The maximum Gasteiger partial charge on any atom is 0.410 e. The minimum Gasteiger partial charge on any atom is -0.487 e. The van der Waals surface area contributed by atoms with Crippen LogP contribution in [0.2, 0.25) is 0 Å².